The molecule has 43 heavy (non-hydrogen) atoms. The summed E-state index contributed by atoms with van der Waals surface area (Å²) in [6, 6.07) is 19.4. The molecule has 1 N–H and O–H groups in total. The molecule has 0 aliphatic heterocycles. The fraction of sp³-hybridized carbons (Fsp3) is 0.188. The summed E-state index contributed by atoms with van der Waals surface area (Å²) in [5.41, 5.74) is 5.52. The van der Waals surface area contributed by atoms with Gasteiger partial charge in [-0.15, -0.1) is 0 Å². The molecule has 0 atom stereocenters. The Bertz CT molecular complexity index is 1680. The van der Waals surface area contributed by atoms with E-state index in [4.69, 9.17) is 11.6 Å². The number of ketones is 1. The first-order chi connectivity index (χ1) is 20.5. The molecule has 0 saturated heterocycles. The van der Waals surface area contributed by atoms with Gasteiger partial charge in [0.2, 0.25) is 0 Å². The highest BCUT2D eigenvalue weighted by molar-refractivity contribution is 7.08. The predicted octanol–water partition coefficient (Wildman–Crippen LogP) is 7.70. The number of rotatable bonds is 3. The van der Waals surface area contributed by atoms with Crippen molar-refractivity contribution in [1.82, 2.24) is 24.1 Å². The van der Waals surface area contributed by atoms with Crippen LogP contribution in [0.2, 0.25) is 5.02 Å². The lowest BCUT2D eigenvalue weighted by Crippen LogP contribution is -2.09. The zero-order chi connectivity index (χ0) is 31.8. The lowest BCUT2D eigenvalue weighted by molar-refractivity contribution is 0.101. The first-order valence-electron chi connectivity index (χ1n) is 13.1. The number of thiophene rings is 2. The number of aldehydes is 1. The van der Waals surface area contributed by atoms with E-state index in [0.717, 1.165) is 39.6 Å². The largest absolute Gasteiger partial charge is 0.318 e. The summed E-state index contributed by atoms with van der Waals surface area (Å²) in [7, 11) is 3.47. The average molecular weight is 638 g/mol. The highest BCUT2D eigenvalue weighted by Gasteiger charge is 2.08. The number of Topliss-reactive ketones (excluding diaryl/α,β-unsaturated/α-hetero) is 1. The Morgan fingerprint density at radius 3 is 1.93 bits per heavy atom. The van der Waals surface area contributed by atoms with Crippen molar-refractivity contribution in [2.45, 2.75) is 27.7 Å². The normalized spacial score (nSPS) is 9.56. The van der Waals surface area contributed by atoms with Gasteiger partial charge in [-0.1, -0.05) is 41.9 Å². The van der Waals surface area contributed by atoms with Crippen molar-refractivity contribution >= 4 is 46.3 Å². The number of aromatic nitrogens is 5. The van der Waals surface area contributed by atoms with E-state index in [1.165, 1.54) is 11.6 Å². The first-order valence-corrected chi connectivity index (χ1v) is 15.4. The van der Waals surface area contributed by atoms with Crippen molar-refractivity contribution in [3.63, 3.8) is 0 Å². The van der Waals surface area contributed by atoms with Crippen LogP contribution in [0.3, 0.4) is 0 Å². The van der Waals surface area contributed by atoms with Crippen molar-refractivity contribution in [2.24, 2.45) is 14.1 Å². The molecule has 0 unspecified atom stereocenters. The smallest absolute Gasteiger partial charge is 0.266 e. The van der Waals surface area contributed by atoms with E-state index in [1.807, 2.05) is 96.9 Å². The van der Waals surface area contributed by atoms with Gasteiger partial charge in [0.25, 0.3) is 5.56 Å². The fourth-order valence-electron chi connectivity index (χ4n) is 3.59. The molecule has 8 nitrogen and oxygen atoms in total. The van der Waals surface area contributed by atoms with Gasteiger partial charge in [0, 0.05) is 60.1 Å². The standard InChI is InChI=1S/C13H13NO.C6H8N2O.C5H8N2O.C4H3ClS.C4H4S/c1-10-8-12(9-15)11(2)14(10)13-6-4-3-5-7-13;1-5(9)6-3-7-8(2)4-6;1-4-3-5(8)7(2)6-4;5-4-1-2-6-3-4;1-2-4-5-3-1/h3-9H,1-2H3;3-4H,1-2H3;3,6H,1-2H3;1-3H;1-4H. The van der Waals surface area contributed by atoms with E-state index in [-0.39, 0.29) is 11.3 Å². The minimum absolute atomic E-state index is 0.0162. The highest BCUT2D eigenvalue weighted by Crippen LogP contribution is 2.19. The Kier molecular flexibility index (Phi) is 14.9. The lowest BCUT2D eigenvalue weighted by Gasteiger charge is -2.08. The second-order valence-corrected chi connectivity index (χ2v) is 11.2. The summed E-state index contributed by atoms with van der Waals surface area (Å²) in [4.78, 5) is 32.0. The number of halogens is 1. The summed E-state index contributed by atoms with van der Waals surface area (Å²) >= 11 is 8.79. The number of hydrogen-bond donors (Lipinski definition) is 1. The number of H-pyrrole nitrogens is 1. The molecule has 0 aliphatic rings. The lowest BCUT2D eigenvalue weighted by atomic mass is 10.2. The molecule has 6 aromatic rings. The molecular formula is C32H36ClN5O3S2. The van der Waals surface area contributed by atoms with Gasteiger partial charge in [-0.2, -0.15) is 27.8 Å². The van der Waals surface area contributed by atoms with E-state index in [1.54, 1.807) is 59.9 Å². The molecule has 0 amide bonds. The van der Waals surface area contributed by atoms with Crippen LogP contribution >= 0.6 is 34.3 Å². The molecule has 5 aromatic heterocycles. The molecule has 5 heterocycles. The van der Waals surface area contributed by atoms with Gasteiger partial charge in [0.1, 0.15) is 0 Å². The van der Waals surface area contributed by atoms with Crippen LogP contribution in [0.15, 0.2) is 99.4 Å². The Morgan fingerprint density at radius 1 is 0.953 bits per heavy atom. The summed E-state index contributed by atoms with van der Waals surface area (Å²) in [6.07, 6.45) is 4.16. The first kappa shape index (κ1) is 34.9. The number of carbonyl (C=O) groups is 2. The van der Waals surface area contributed by atoms with Gasteiger partial charge >= 0.3 is 0 Å². The van der Waals surface area contributed by atoms with Crippen LogP contribution in [-0.2, 0) is 14.1 Å². The number of hydrogen-bond acceptors (Lipinski definition) is 6. The van der Waals surface area contributed by atoms with Gasteiger partial charge < -0.3 is 9.67 Å². The van der Waals surface area contributed by atoms with Gasteiger partial charge in [-0.25, -0.2) is 0 Å². The summed E-state index contributed by atoms with van der Waals surface area (Å²) in [6.45, 7) is 7.34. The maximum atomic E-state index is 10.8. The molecule has 11 heteroatoms. The SMILES string of the molecule is CC(=O)c1cnn(C)c1.Cc1cc(=O)n(C)[nH]1.Cc1cc(C=O)c(C)n1-c1ccccc1.Clc1ccsc1.c1ccsc1. The molecule has 0 fully saturated rings. The Labute approximate surface area is 264 Å². The summed E-state index contributed by atoms with van der Waals surface area (Å²) in [5.74, 6) is 0.0584. The minimum atomic E-state index is 0.0162. The molecule has 0 bridgehead atoms. The third-order valence-electron chi connectivity index (χ3n) is 5.65. The molecule has 6 rings (SSSR count). The second-order valence-electron chi connectivity index (χ2n) is 9.15. The Hall–Kier alpha value is -4.25. The van der Waals surface area contributed by atoms with Crippen molar-refractivity contribution in [1.29, 1.82) is 0 Å². The third-order valence-corrected chi connectivity index (χ3v) is 7.33. The maximum absolute atomic E-state index is 10.8. The van der Waals surface area contributed by atoms with Gasteiger partial charge in [0.15, 0.2) is 12.1 Å². The van der Waals surface area contributed by atoms with Gasteiger partial charge in [-0.05, 0) is 68.1 Å². The van der Waals surface area contributed by atoms with Crippen LogP contribution in [0.1, 0.15) is 44.7 Å². The molecule has 1 aromatic carbocycles. The van der Waals surface area contributed by atoms with Crippen LogP contribution in [0, 0.1) is 20.8 Å². The van der Waals surface area contributed by atoms with Crippen LogP contribution < -0.4 is 5.56 Å². The third kappa shape index (κ3) is 12.3. The number of carbonyl (C=O) groups excluding carboxylic acids is 2. The van der Waals surface area contributed by atoms with E-state index < -0.39 is 0 Å². The molecule has 0 aliphatic carbocycles. The average Bonchev–Trinajstić information content (AvgIpc) is 3.82. The van der Waals surface area contributed by atoms with Crippen molar-refractivity contribution in [3.05, 3.63) is 138 Å². The fourth-order valence-corrected chi connectivity index (χ4v) is 4.85. The van der Waals surface area contributed by atoms with Crippen LogP contribution in [0.4, 0.5) is 0 Å². The number of nitrogens with one attached hydrogen (secondary N) is 1. The molecule has 0 spiro atoms. The van der Waals surface area contributed by atoms with Gasteiger partial charge in [0.05, 0.1) is 16.8 Å². The van der Waals surface area contributed by atoms with Crippen molar-refractivity contribution in [3.8, 4) is 5.69 Å². The number of nitrogens with zero attached hydrogens (tertiary/aromatic N) is 4. The molecule has 0 radical (unpaired) electrons. The van der Waals surface area contributed by atoms with E-state index >= 15 is 0 Å². The van der Waals surface area contributed by atoms with Crippen LogP contribution in [-0.4, -0.2) is 36.2 Å². The topological polar surface area (TPSA) is 94.7 Å². The Morgan fingerprint density at radius 2 is 1.63 bits per heavy atom. The van der Waals surface area contributed by atoms with Crippen LogP contribution in [0.5, 0.6) is 0 Å². The zero-order valence-electron chi connectivity index (χ0n) is 25.0. The Balaban J connectivity index is 0.000000199. The summed E-state index contributed by atoms with van der Waals surface area (Å²) < 4.78 is 5.13. The van der Waals surface area contributed by atoms with E-state index in [2.05, 4.69) is 14.8 Å². The van der Waals surface area contributed by atoms with E-state index in [0.29, 0.717) is 5.56 Å². The second kappa shape index (κ2) is 18.3. The number of aromatic amines is 1. The minimum Gasteiger partial charge on any atom is -0.318 e. The number of aryl methyl sites for hydroxylation is 4. The zero-order valence-corrected chi connectivity index (χ0v) is 27.4. The highest BCUT2D eigenvalue weighted by atomic mass is 35.5. The maximum Gasteiger partial charge on any atom is 0.266 e. The predicted molar refractivity (Wildman–Crippen MR) is 178 cm³/mol. The molecule has 0 saturated carbocycles. The van der Waals surface area contributed by atoms with Crippen molar-refractivity contribution in [2.75, 3.05) is 0 Å². The van der Waals surface area contributed by atoms with Crippen LogP contribution in [0.25, 0.3) is 5.69 Å². The molecule has 226 valence electrons. The van der Waals surface area contributed by atoms with Gasteiger partial charge in [-0.3, -0.25) is 23.7 Å². The monoisotopic (exact) mass is 637 g/mol. The van der Waals surface area contributed by atoms with Crippen molar-refractivity contribution < 1.29 is 9.59 Å². The van der Waals surface area contributed by atoms with E-state index in [9.17, 15) is 14.4 Å². The number of benzene rings is 1. The summed E-state index contributed by atoms with van der Waals surface area (Å²) in [5, 5.41) is 15.4. The molecular weight excluding hydrogens is 602 g/mol. The number of para-hydroxylation sites is 1. The quantitative estimate of drug-likeness (QED) is 0.159.